The van der Waals surface area contributed by atoms with E-state index in [1.807, 2.05) is 20.8 Å². The molecular formula is C18H27N5O4. The maximum absolute atomic E-state index is 13.0. The van der Waals surface area contributed by atoms with Crippen LogP contribution in [-0.2, 0) is 6.54 Å². The third-order valence-electron chi connectivity index (χ3n) is 4.23. The summed E-state index contributed by atoms with van der Waals surface area (Å²) in [5.74, 6) is -0.232. The summed E-state index contributed by atoms with van der Waals surface area (Å²) in [6.07, 6.45) is 2.22. The van der Waals surface area contributed by atoms with Crippen LogP contribution in [0.25, 0.3) is 0 Å². The van der Waals surface area contributed by atoms with Gasteiger partial charge in [0.25, 0.3) is 11.5 Å². The number of nitrogen functional groups attached to an aromatic ring is 1. The van der Waals surface area contributed by atoms with Gasteiger partial charge in [0.2, 0.25) is 5.76 Å². The van der Waals surface area contributed by atoms with Gasteiger partial charge < -0.3 is 10.3 Å². The maximum atomic E-state index is 13.0. The Hall–Kier alpha value is -2.84. The second-order valence-electron chi connectivity index (χ2n) is 6.97. The van der Waals surface area contributed by atoms with Crippen LogP contribution in [0.15, 0.2) is 20.2 Å². The number of carbonyl (C=O) groups excluding carboxylic acids is 1. The zero-order valence-electron chi connectivity index (χ0n) is 16.2. The van der Waals surface area contributed by atoms with Crippen molar-refractivity contribution in [2.75, 3.05) is 17.2 Å². The van der Waals surface area contributed by atoms with E-state index in [9.17, 15) is 14.4 Å². The van der Waals surface area contributed by atoms with Crippen LogP contribution in [0.3, 0.4) is 0 Å². The normalized spacial score (nSPS) is 11.1. The fourth-order valence-electron chi connectivity index (χ4n) is 2.68. The minimum Gasteiger partial charge on any atom is -0.383 e. The van der Waals surface area contributed by atoms with E-state index in [1.54, 1.807) is 6.92 Å². The Balaban J connectivity index is 2.56. The van der Waals surface area contributed by atoms with E-state index in [0.29, 0.717) is 24.6 Å². The number of aromatic nitrogens is 3. The molecule has 0 spiro atoms. The second-order valence-corrected chi connectivity index (χ2v) is 6.97. The van der Waals surface area contributed by atoms with Gasteiger partial charge in [-0.2, -0.15) is 0 Å². The van der Waals surface area contributed by atoms with Crippen molar-refractivity contribution in [2.45, 2.75) is 53.5 Å². The molecule has 0 radical (unpaired) electrons. The van der Waals surface area contributed by atoms with Crippen molar-refractivity contribution in [1.29, 1.82) is 0 Å². The van der Waals surface area contributed by atoms with Gasteiger partial charge in [0.15, 0.2) is 5.69 Å². The molecule has 0 atom stereocenters. The Labute approximate surface area is 157 Å². The van der Waals surface area contributed by atoms with Crippen LogP contribution in [-0.4, -0.2) is 27.2 Å². The number of rotatable bonds is 8. The number of nitrogens with one attached hydrogen (secondary N) is 1. The van der Waals surface area contributed by atoms with Gasteiger partial charge in [0, 0.05) is 19.2 Å². The zero-order chi connectivity index (χ0) is 20.1. The summed E-state index contributed by atoms with van der Waals surface area (Å²) in [7, 11) is 0. The molecule has 148 valence electrons. The molecule has 2 aromatic rings. The first-order valence-corrected chi connectivity index (χ1v) is 9.14. The SMILES string of the molecule is CCCCn1c(N)c(N(CCC(C)C)C(=O)c2cc(C)no2)c(=O)[nH]c1=O. The molecule has 9 nitrogen and oxygen atoms in total. The second kappa shape index (κ2) is 8.70. The Morgan fingerprint density at radius 2 is 2.11 bits per heavy atom. The zero-order valence-corrected chi connectivity index (χ0v) is 16.2. The van der Waals surface area contributed by atoms with Crippen LogP contribution in [0.1, 0.15) is 56.3 Å². The highest BCUT2D eigenvalue weighted by atomic mass is 16.5. The fraction of sp³-hybridized carbons (Fsp3) is 0.556. The molecule has 0 aliphatic rings. The van der Waals surface area contributed by atoms with E-state index in [2.05, 4.69) is 10.1 Å². The Morgan fingerprint density at radius 1 is 1.41 bits per heavy atom. The maximum Gasteiger partial charge on any atom is 0.330 e. The number of hydrogen-bond acceptors (Lipinski definition) is 6. The van der Waals surface area contributed by atoms with Crippen LogP contribution in [0.2, 0.25) is 0 Å². The highest BCUT2D eigenvalue weighted by molar-refractivity contribution is 6.05. The van der Waals surface area contributed by atoms with Gasteiger partial charge in [-0.1, -0.05) is 32.3 Å². The number of nitrogens with zero attached hydrogens (tertiary/aromatic N) is 3. The highest BCUT2D eigenvalue weighted by Gasteiger charge is 2.27. The molecule has 0 fully saturated rings. The number of carbonyl (C=O) groups is 1. The van der Waals surface area contributed by atoms with Crippen molar-refractivity contribution in [3.63, 3.8) is 0 Å². The molecule has 9 heteroatoms. The van der Waals surface area contributed by atoms with Crippen LogP contribution in [0, 0.1) is 12.8 Å². The van der Waals surface area contributed by atoms with Crippen molar-refractivity contribution >= 4 is 17.4 Å². The monoisotopic (exact) mass is 377 g/mol. The number of aromatic amines is 1. The molecule has 2 heterocycles. The van der Waals surface area contributed by atoms with E-state index in [0.717, 1.165) is 12.8 Å². The number of hydrogen-bond donors (Lipinski definition) is 2. The summed E-state index contributed by atoms with van der Waals surface area (Å²) in [6, 6.07) is 1.50. The number of H-pyrrole nitrogens is 1. The van der Waals surface area contributed by atoms with Crippen molar-refractivity contribution in [1.82, 2.24) is 14.7 Å². The number of nitrogens with two attached hydrogens (primary N) is 1. The minimum absolute atomic E-state index is 0.0152. The van der Waals surface area contributed by atoms with E-state index >= 15 is 0 Å². The number of anilines is 2. The van der Waals surface area contributed by atoms with E-state index in [1.165, 1.54) is 15.5 Å². The lowest BCUT2D eigenvalue weighted by molar-refractivity contribution is 0.0949. The molecule has 27 heavy (non-hydrogen) atoms. The fourth-order valence-corrected chi connectivity index (χ4v) is 2.68. The lowest BCUT2D eigenvalue weighted by Gasteiger charge is -2.24. The number of unbranched alkanes of at least 4 members (excludes halogenated alkanes) is 1. The molecule has 0 bridgehead atoms. The molecule has 0 unspecified atom stereocenters. The van der Waals surface area contributed by atoms with Crippen molar-refractivity contribution in [2.24, 2.45) is 5.92 Å². The van der Waals surface area contributed by atoms with Gasteiger partial charge in [-0.3, -0.25) is 24.0 Å². The Kier molecular flexibility index (Phi) is 6.59. The third kappa shape index (κ3) is 4.66. The summed E-state index contributed by atoms with van der Waals surface area (Å²) < 4.78 is 6.36. The van der Waals surface area contributed by atoms with Crippen molar-refractivity contribution < 1.29 is 9.32 Å². The van der Waals surface area contributed by atoms with Gasteiger partial charge in [-0.05, 0) is 25.7 Å². The minimum atomic E-state index is -0.696. The summed E-state index contributed by atoms with van der Waals surface area (Å²) in [4.78, 5) is 41.2. The first kappa shape index (κ1) is 20.5. The molecule has 2 rings (SSSR count). The van der Waals surface area contributed by atoms with Crippen LogP contribution >= 0.6 is 0 Å². The largest absolute Gasteiger partial charge is 0.383 e. The molecule has 2 aromatic heterocycles. The van der Waals surface area contributed by atoms with E-state index in [-0.39, 0.29) is 23.8 Å². The first-order chi connectivity index (χ1) is 12.8. The van der Waals surface area contributed by atoms with E-state index in [4.69, 9.17) is 10.3 Å². The lowest BCUT2D eigenvalue weighted by atomic mass is 10.1. The molecule has 0 aliphatic carbocycles. The molecule has 0 aliphatic heterocycles. The van der Waals surface area contributed by atoms with Gasteiger partial charge in [0.1, 0.15) is 5.82 Å². The molecule has 0 saturated heterocycles. The van der Waals surface area contributed by atoms with Gasteiger partial charge >= 0.3 is 5.69 Å². The smallest absolute Gasteiger partial charge is 0.330 e. The first-order valence-electron chi connectivity index (χ1n) is 9.14. The van der Waals surface area contributed by atoms with E-state index < -0.39 is 17.2 Å². The van der Waals surface area contributed by atoms with Gasteiger partial charge in [0.05, 0.1) is 5.69 Å². The quantitative estimate of drug-likeness (QED) is 0.723. The summed E-state index contributed by atoms with van der Waals surface area (Å²) in [6.45, 7) is 8.32. The highest BCUT2D eigenvalue weighted by Crippen LogP contribution is 2.21. The topological polar surface area (TPSA) is 127 Å². The van der Waals surface area contributed by atoms with Gasteiger partial charge in [-0.25, -0.2) is 4.79 Å². The van der Waals surface area contributed by atoms with Crippen LogP contribution < -0.4 is 21.9 Å². The van der Waals surface area contributed by atoms with Crippen LogP contribution in [0.4, 0.5) is 11.5 Å². The Bertz CT molecular complexity index is 909. The molecule has 3 N–H and O–H groups in total. The molecule has 1 amide bonds. The summed E-state index contributed by atoms with van der Waals surface area (Å²) in [5.41, 5.74) is 5.40. The average molecular weight is 377 g/mol. The summed E-state index contributed by atoms with van der Waals surface area (Å²) >= 11 is 0. The van der Waals surface area contributed by atoms with Crippen molar-refractivity contribution in [3.8, 4) is 0 Å². The number of amides is 1. The number of aryl methyl sites for hydroxylation is 1. The average Bonchev–Trinajstić information content (AvgIpc) is 3.03. The van der Waals surface area contributed by atoms with Gasteiger partial charge in [-0.15, -0.1) is 0 Å². The third-order valence-corrected chi connectivity index (χ3v) is 4.23. The summed E-state index contributed by atoms with van der Waals surface area (Å²) in [5, 5.41) is 3.73. The predicted octanol–water partition coefficient (Wildman–Crippen LogP) is 1.91. The standard InChI is InChI=1S/C18H27N5O4/c1-5-6-8-23-15(19)14(16(24)20-18(23)26)22(9-7-11(2)3)17(25)13-10-12(4)21-27-13/h10-11H,5-9,19H2,1-4H3,(H,20,24,26). The molecule has 0 aromatic carbocycles. The van der Waals surface area contributed by atoms with Crippen molar-refractivity contribution in [3.05, 3.63) is 38.4 Å². The van der Waals surface area contributed by atoms with Crippen LogP contribution in [0.5, 0.6) is 0 Å². The predicted molar refractivity (Wildman–Crippen MR) is 103 cm³/mol. The molecule has 0 saturated carbocycles. The Morgan fingerprint density at radius 3 is 2.67 bits per heavy atom. The lowest BCUT2D eigenvalue weighted by Crippen LogP contribution is -2.41. The molecular weight excluding hydrogens is 350 g/mol.